The van der Waals surface area contributed by atoms with Gasteiger partial charge in [-0.1, -0.05) is 13.8 Å². The van der Waals surface area contributed by atoms with Crippen LogP contribution in [0.3, 0.4) is 0 Å². The first-order chi connectivity index (χ1) is 11.8. The molecule has 0 aliphatic heterocycles. The van der Waals surface area contributed by atoms with Crippen molar-refractivity contribution in [1.29, 1.82) is 0 Å². The molecule has 1 aliphatic carbocycles. The van der Waals surface area contributed by atoms with E-state index < -0.39 is 5.97 Å². The van der Waals surface area contributed by atoms with Crippen molar-refractivity contribution >= 4 is 17.7 Å². The van der Waals surface area contributed by atoms with Crippen LogP contribution in [-0.4, -0.2) is 41.2 Å². The average molecular weight is 350 g/mol. The van der Waals surface area contributed by atoms with E-state index in [9.17, 15) is 14.4 Å². The van der Waals surface area contributed by atoms with Crippen LogP contribution >= 0.6 is 0 Å². The maximum Gasteiger partial charge on any atom is 0.313 e. The Morgan fingerprint density at radius 3 is 2.68 bits per heavy atom. The summed E-state index contributed by atoms with van der Waals surface area (Å²) in [7, 11) is 1.36. The molecule has 1 aromatic heterocycles. The lowest BCUT2D eigenvalue weighted by atomic mass is 9.70. The summed E-state index contributed by atoms with van der Waals surface area (Å²) in [5.41, 5.74) is 1.69. The van der Waals surface area contributed by atoms with Crippen LogP contribution in [0.25, 0.3) is 0 Å². The molecular weight excluding hydrogens is 324 g/mol. The number of rotatable bonds is 7. The number of ether oxygens (including phenoxy) is 2. The zero-order valence-corrected chi connectivity index (χ0v) is 15.3. The number of esters is 2. The molecule has 1 heterocycles. The number of ketones is 1. The number of nitrogens with zero attached hydrogens (tertiary/aromatic N) is 2. The van der Waals surface area contributed by atoms with E-state index >= 15 is 0 Å². The molecule has 7 nitrogen and oxygen atoms in total. The molecule has 25 heavy (non-hydrogen) atoms. The fourth-order valence-electron chi connectivity index (χ4n) is 3.38. The molecular formula is C18H26N2O5. The SMILES string of the molecule is CCOC(=O)CC(=O)C1Cc2cn(CCC(=O)OC)nc2C(C)(C)C1. The second-order valence-corrected chi connectivity index (χ2v) is 7.03. The van der Waals surface area contributed by atoms with E-state index in [-0.39, 0.29) is 42.5 Å². The van der Waals surface area contributed by atoms with Crippen molar-refractivity contribution in [3.8, 4) is 0 Å². The Balaban J connectivity index is 2.10. The van der Waals surface area contributed by atoms with E-state index in [0.717, 1.165) is 11.3 Å². The zero-order valence-electron chi connectivity index (χ0n) is 15.3. The maximum atomic E-state index is 12.5. The van der Waals surface area contributed by atoms with E-state index in [1.807, 2.05) is 20.0 Å². The lowest BCUT2D eigenvalue weighted by Gasteiger charge is -2.33. The van der Waals surface area contributed by atoms with Gasteiger partial charge in [-0.25, -0.2) is 0 Å². The van der Waals surface area contributed by atoms with Crippen LogP contribution in [0.2, 0.25) is 0 Å². The number of aromatic nitrogens is 2. The van der Waals surface area contributed by atoms with Crippen LogP contribution in [0.5, 0.6) is 0 Å². The molecule has 0 spiro atoms. The summed E-state index contributed by atoms with van der Waals surface area (Å²) in [5, 5.41) is 4.60. The maximum absolute atomic E-state index is 12.5. The Kier molecular flexibility index (Phi) is 5.98. The highest BCUT2D eigenvalue weighted by atomic mass is 16.5. The Hall–Kier alpha value is -2.18. The van der Waals surface area contributed by atoms with Crippen LogP contribution in [0.15, 0.2) is 6.20 Å². The van der Waals surface area contributed by atoms with Crippen molar-refractivity contribution in [1.82, 2.24) is 9.78 Å². The molecule has 138 valence electrons. The average Bonchev–Trinajstić information content (AvgIpc) is 2.96. The van der Waals surface area contributed by atoms with Gasteiger partial charge in [-0.2, -0.15) is 5.10 Å². The quantitative estimate of drug-likeness (QED) is 0.550. The van der Waals surface area contributed by atoms with Crippen LogP contribution < -0.4 is 0 Å². The number of hydrogen-bond acceptors (Lipinski definition) is 6. The largest absolute Gasteiger partial charge is 0.469 e. The third-order valence-electron chi connectivity index (χ3n) is 4.55. The summed E-state index contributed by atoms with van der Waals surface area (Å²) in [6, 6.07) is 0. The van der Waals surface area contributed by atoms with Gasteiger partial charge in [0.25, 0.3) is 0 Å². The van der Waals surface area contributed by atoms with Gasteiger partial charge >= 0.3 is 11.9 Å². The number of aryl methyl sites for hydroxylation is 1. The van der Waals surface area contributed by atoms with Crippen molar-refractivity contribution in [2.75, 3.05) is 13.7 Å². The van der Waals surface area contributed by atoms with Crippen LogP contribution in [0, 0.1) is 5.92 Å². The molecule has 0 N–H and O–H groups in total. The molecule has 0 aromatic carbocycles. The summed E-state index contributed by atoms with van der Waals surface area (Å²) in [5.74, 6) is -1.05. The van der Waals surface area contributed by atoms with Gasteiger partial charge in [0.2, 0.25) is 0 Å². The summed E-state index contributed by atoms with van der Waals surface area (Å²) in [4.78, 5) is 35.3. The van der Waals surface area contributed by atoms with E-state index in [1.54, 1.807) is 11.6 Å². The van der Waals surface area contributed by atoms with Crippen molar-refractivity contribution in [2.24, 2.45) is 5.92 Å². The Morgan fingerprint density at radius 2 is 2.04 bits per heavy atom. The second kappa shape index (κ2) is 7.80. The second-order valence-electron chi connectivity index (χ2n) is 7.03. The van der Waals surface area contributed by atoms with Gasteiger partial charge in [0.15, 0.2) is 0 Å². The smallest absolute Gasteiger partial charge is 0.313 e. The number of fused-ring (bicyclic) bond motifs is 1. The van der Waals surface area contributed by atoms with Gasteiger partial charge < -0.3 is 9.47 Å². The molecule has 0 amide bonds. The molecule has 0 fully saturated rings. The van der Waals surface area contributed by atoms with E-state index in [2.05, 4.69) is 9.84 Å². The summed E-state index contributed by atoms with van der Waals surface area (Å²) < 4.78 is 11.3. The first-order valence-electron chi connectivity index (χ1n) is 8.58. The minimum atomic E-state index is -0.468. The van der Waals surface area contributed by atoms with Gasteiger partial charge in [0.1, 0.15) is 12.2 Å². The number of carbonyl (C=O) groups excluding carboxylic acids is 3. The van der Waals surface area contributed by atoms with Crippen molar-refractivity contribution < 1.29 is 23.9 Å². The fourth-order valence-corrected chi connectivity index (χ4v) is 3.38. The first kappa shape index (κ1) is 19.1. The zero-order chi connectivity index (χ0) is 18.6. The number of Topliss-reactive ketones (excluding diaryl/α,β-unsaturated/α-hetero) is 1. The lowest BCUT2D eigenvalue weighted by Crippen LogP contribution is -2.34. The predicted octanol–water partition coefficient (Wildman–Crippen LogP) is 1.81. The van der Waals surface area contributed by atoms with Crippen molar-refractivity contribution in [3.63, 3.8) is 0 Å². The molecule has 1 atom stereocenters. The fraction of sp³-hybridized carbons (Fsp3) is 0.667. The molecule has 1 unspecified atom stereocenters. The van der Waals surface area contributed by atoms with Crippen LogP contribution in [-0.2, 0) is 42.2 Å². The van der Waals surface area contributed by atoms with Crippen LogP contribution in [0.4, 0.5) is 0 Å². The van der Waals surface area contributed by atoms with E-state index in [0.29, 0.717) is 19.4 Å². The molecule has 0 saturated heterocycles. The van der Waals surface area contributed by atoms with E-state index in [1.165, 1.54) is 7.11 Å². The predicted molar refractivity (Wildman–Crippen MR) is 90.0 cm³/mol. The molecule has 0 radical (unpaired) electrons. The van der Waals surface area contributed by atoms with Gasteiger partial charge in [-0.05, 0) is 25.3 Å². The number of hydrogen-bond donors (Lipinski definition) is 0. The monoisotopic (exact) mass is 350 g/mol. The highest BCUT2D eigenvalue weighted by Crippen LogP contribution is 2.39. The summed E-state index contributed by atoms with van der Waals surface area (Å²) in [6.07, 6.45) is 3.18. The molecule has 0 bridgehead atoms. The van der Waals surface area contributed by atoms with Crippen LogP contribution in [0.1, 0.15) is 51.3 Å². The minimum Gasteiger partial charge on any atom is -0.469 e. The minimum absolute atomic E-state index is 0.0838. The highest BCUT2D eigenvalue weighted by Gasteiger charge is 2.39. The number of carbonyl (C=O) groups is 3. The van der Waals surface area contributed by atoms with Crippen molar-refractivity contribution in [2.45, 2.75) is 58.4 Å². The molecule has 7 heteroatoms. The third-order valence-corrected chi connectivity index (χ3v) is 4.55. The highest BCUT2D eigenvalue weighted by molar-refractivity contribution is 5.97. The Morgan fingerprint density at radius 1 is 1.32 bits per heavy atom. The summed E-state index contributed by atoms with van der Waals surface area (Å²) in [6.45, 7) is 6.54. The topological polar surface area (TPSA) is 87.5 Å². The molecule has 2 rings (SSSR count). The normalized spacial score (nSPS) is 18.3. The van der Waals surface area contributed by atoms with Crippen molar-refractivity contribution in [3.05, 3.63) is 17.5 Å². The lowest BCUT2D eigenvalue weighted by molar-refractivity contribution is -0.146. The third kappa shape index (κ3) is 4.67. The van der Waals surface area contributed by atoms with E-state index in [4.69, 9.17) is 4.74 Å². The molecule has 1 aromatic rings. The Labute approximate surface area is 147 Å². The van der Waals surface area contributed by atoms with Gasteiger partial charge in [-0.15, -0.1) is 0 Å². The number of methoxy groups -OCH3 is 1. The molecule has 0 saturated carbocycles. The van der Waals surface area contributed by atoms with Gasteiger partial charge in [-0.3, -0.25) is 19.1 Å². The molecule has 1 aliphatic rings. The standard InChI is InChI=1S/C18H26N2O5/c1-5-25-16(23)9-14(21)12-8-13-11-20(7-6-15(22)24-4)19-17(13)18(2,3)10-12/h11-12H,5-10H2,1-4H3. The summed E-state index contributed by atoms with van der Waals surface area (Å²) >= 11 is 0. The Bertz CT molecular complexity index is 662. The van der Waals surface area contributed by atoms with Gasteiger partial charge in [0.05, 0.1) is 32.4 Å². The van der Waals surface area contributed by atoms with Gasteiger partial charge in [0, 0.05) is 17.5 Å². The first-order valence-corrected chi connectivity index (χ1v) is 8.58.